The van der Waals surface area contributed by atoms with Crippen molar-refractivity contribution in [2.75, 3.05) is 0 Å². The predicted molar refractivity (Wildman–Crippen MR) is 79.7 cm³/mol. The Morgan fingerprint density at radius 1 is 1.00 bits per heavy atom. The maximum Gasteiger partial charge on any atom is -0.0276 e. The Kier molecular flexibility index (Phi) is 5.28. The molecule has 18 heavy (non-hydrogen) atoms. The van der Waals surface area contributed by atoms with Gasteiger partial charge in [0.25, 0.3) is 0 Å². The zero-order valence-corrected chi connectivity index (χ0v) is 12.1. The van der Waals surface area contributed by atoms with Crippen LogP contribution in [-0.2, 0) is 6.42 Å². The summed E-state index contributed by atoms with van der Waals surface area (Å²) in [5.41, 5.74) is 1.51. The first-order valence-electron chi connectivity index (χ1n) is 7.81. The van der Waals surface area contributed by atoms with Crippen molar-refractivity contribution in [3.05, 3.63) is 35.9 Å². The lowest BCUT2D eigenvalue weighted by Gasteiger charge is -2.33. The Balaban J connectivity index is 1.90. The van der Waals surface area contributed by atoms with E-state index in [1.165, 1.54) is 50.5 Å². The molecule has 0 N–H and O–H groups in total. The van der Waals surface area contributed by atoms with Crippen LogP contribution >= 0.6 is 0 Å². The number of aryl methyl sites for hydroxylation is 1. The monoisotopic (exact) mass is 244 g/mol. The second kappa shape index (κ2) is 6.97. The molecule has 1 atom stereocenters. The number of rotatable bonds is 5. The van der Waals surface area contributed by atoms with Crippen LogP contribution in [-0.4, -0.2) is 0 Å². The van der Waals surface area contributed by atoms with Crippen LogP contribution in [0.25, 0.3) is 0 Å². The van der Waals surface area contributed by atoms with Gasteiger partial charge in [-0.15, -0.1) is 0 Å². The number of hydrogen-bond donors (Lipinski definition) is 0. The van der Waals surface area contributed by atoms with E-state index in [9.17, 15) is 0 Å². The van der Waals surface area contributed by atoms with Crippen LogP contribution in [0.2, 0.25) is 0 Å². The van der Waals surface area contributed by atoms with E-state index >= 15 is 0 Å². The van der Waals surface area contributed by atoms with E-state index < -0.39 is 0 Å². The molecule has 1 aromatic carbocycles. The van der Waals surface area contributed by atoms with Crippen molar-refractivity contribution < 1.29 is 0 Å². The zero-order valence-electron chi connectivity index (χ0n) is 12.1. The van der Waals surface area contributed by atoms with E-state index in [1.54, 1.807) is 0 Å². The first-order valence-corrected chi connectivity index (χ1v) is 7.81. The lowest BCUT2D eigenvalue weighted by Crippen LogP contribution is -2.23. The van der Waals surface area contributed by atoms with E-state index in [0.29, 0.717) is 0 Å². The average Bonchev–Trinajstić information content (AvgIpc) is 2.41. The highest BCUT2D eigenvalue weighted by atomic mass is 14.3. The van der Waals surface area contributed by atoms with E-state index in [-0.39, 0.29) is 0 Å². The molecule has 0 nitrogen and oxygen atoms in total. The molecule has 0 heterocycles. The van der Waals surface area contributed by atoms with Crippen molar-refractivity contribution >= 4 is 0 Å². The largest absolute Gasteiger partial charge is 0.0625 e. The SMILES string of the molecule is CC(C)[C@@H](CCc1ccccc1)C1CCCCC1. The minimum absolute atomic E-state index is 0.844. The van der Waals surface area contributed by atoms with Gasteiger partial charge in [-0.2, -0.15) is 0 Å². The molecular formula is C18H28. The molecule has 1 aliphatic carbocycles. The smallest absolute Gasteiger partial charge is 0.0276 e. The first kappa shape index (κ1) is 13.6. The van der Waals surface area contributed by atoms with Gasteiger partial charge in [-0.3, -0.25) is 0 Å². The van der Waals surface area contributed by atoms with Gasteiger partial charge in [0.1, 0.15) is 0 Å². The highest BCUT2D eigenvalue weighted by Gasteiger charge is 2.25. The standard InChI is InChI=1S/C18H28/c1-15(2)18(17-11-7-4-8-12-17)14-13-16-9-5-3-6-10-16/h3,5-6,9-10,15,17-18H,4,7-8,11-14H2,1-2H3/t18-/m1/s1. The van der Waals surface area contributed by atoms with Crippen LogP contribution in [0.3, 0.4) is 0 Å². The fourth-order valence-corrected chi connectivity index (χ4v) is 3.65. The summed E-state index contributed by atoms with van der Waals surface area (Å²) in [5.74, 6) is 2.78. The van der Waals surface area contributed by atoms with Crippen LogP contribution in [0.4, 0.5) is 0 Å². The van der Waals surface area contributed by atoms with Gasteiger partial charge in [-0.1, -0.05) is 76.3 Å². The number of hydrogen-bond acceptors (Lipinski definition) is 0. The van der Waals surface area contributed by atoms with E-state index in [1.807, 2.05) is 0 Å². The summed E-state index contributed by atoms with van der Waals surface area (Å²) in [6.07, 6.45) is 10.0. The fourth-order valence-electron chi connectivity index (χ4n) is 3.65. The van der Waals surface area contributed by atoms with Crippen LogP contribution in [0, 0.1) is 17.8 Å². The summed E-state index contributed by atoms with van der Waals surface area (Å²) in [7, 11) is 0. The van der Waals surface area contributed by atoms with Gasteiger partial charge < -0.3 is 0 Å². The minimum Gasteiger partial charge on any atom is -0.0625 e. The third kappa shape index (κ3) is 3.86. The van der Waals surface area contributed by atoms with Crippen molar-refractivity contribution in [1.82, 2.24) is 0 Å². The van der Waals surface area contributed by atoms with Crippen LogP contribution in [0.1, 0.15) is 57.9 Å². The van der Waals surface area contributed by atoms with E-state index in [2.05, 4.69) is 44.2 Å². The second-order valence-corrected chi connectivity index (χ2v) is 6.33. The van der Waals surface area contributed by atoms with Crippen molar-refractivity contribution in [3.8, 4) is 0 Å². The van der Waals surface area contributed by atoms with Crippen LogP contribution in [0.15, 0.2) is 30.3 Å². The molecule has 1 fully saturated rings. The highest BCUT2D eigenvalue weighted by Crippen LogP contribution is 2.36. The molecule has 0 radical (unpaired) electrons. The van der Waals surface area contributed by atoms with Gasteiger partial charge in [0.15, 0.2) is 0 Å². The van der Waals surface area contributed by atoms with Gasteiger partial charge in [0.2, 0.25) is 0 Å². The maximum absolute atomic E-state index is 2.42. The Bertz CT molecular complexity index is 319. The maximum atomic E-state index is 2.42. The van der Waals surface area contributed by atoms with Crippen LogP contribution < -0.4 is 0 Å². The lowest BCUT2D eigenvalue weighted by molar-refractivity contribution is 0.185. The fraction of sp³-hybridized carbons (Fsp3) is 0.667. The van der Waals surface area contributed by atoms with E-state index in [4.69, 9.17) is 0 Å². The topological polar surface area (TPSA) is 0 Å². The second-order valence-electron chi connectivity index (χ2n) is 6.33. The molecule has 0 saturated heterocycles. The molecule has 0 unspecified atom stereocenters. The summed E-state index contributed by atoms with van der Waals surface area (Å²) >= 11 is 0. The Labute approximate surface area is 113 Å². The Morgan fingerprint density at radius 3 is 2.28 bits per heavy atom. The molecule has 1 saturated carbocycles. The van der Waals surface area contributed by atoms with Crippen molar-refractivity contribution in [1.29, 1.82) is 0 Å². The van der Waals surface area contributed by atoms with Gasteiger partial charge in [-0.05, 0) is 36.2 Å². The van der Waals surface area contributed by atoms with Crippen LogP contribution in [0.5, 0.6) is 0 Å². The summed E-state index contributed by atoms with van der Waals surface area (Å²) in [5, 5.41) is 0. The third-order valence-corrected chi connectivity index (χ3v) is 4.72. The summed E-state index contributed by atoms with van der Waals surface area (Å²) in [4.78, 5) is 0. The molecule has 0 aromatic heterocycles. The lowest BCUT2D eigenvalue weighted by atomic mass is 9.73. The molecule has 0 bridgehead atoms. The average molecular weight is 244 g/mol. The first-order chi connectivity index (χ1) is 8.77. The molecule has 1 aromatic rings. The molecule has 0 spiro atoms. The van der Waals surface area contributed by atoms with Gasteiger partial charge in [0, 0.05) is 0 Å². The molecule has 0 heteroatoms. The minimum atomic E-state index is 0.844. The third-order valence-electron chi connectivity index (χ3n) is 4.72. The quantitative estimate of drug-likeness (QED) is 0.644. The molecule has 0 aliphatic heterocycles. The summed E-state index contributed by atoms with van der Waals surface area (Å²) in [6, 6.07) is 11.0. The summed E-state index contributed by atoms with van der Waals surface area (Å²) < 4.78 is 0. The molecule has 100 valence electrons. The molecular weight excluding hydrogens is 216 g/mol. The van der Waals surface area contributed by atoms with Crippen molar-refractivity contribution in [2.24, 2.45) is 17.8 Å². The zero-order chi connectivity index (χ0) is 12.8. The highest BCUT2D eigenvalue weighted by molar-refractivity contribution is 5.14. The number of benzene rings is 1. The molecule has 1 aliphatic rings. The van der Waals surface area contributed by atoms with Gasteiger partial charge in [-0.25, -0.2) is 0 Å². The molecule has 0 amide bonds. The van der Waals surface area contributed by atoms with Gasteiger partial charge >= 0.3 is 0 Å². The van der Waals surface area contributed by atoms with E-state index in [0.717, 1.165) is 17.8 Å². The Hall–Kier alpha value is -0.780. The van der Waals surface area contributed by atoms with Crippen molar-refractivity contribution in [2.45, 2.75) is 58.8 Å². The van der Waals surface area contributed by atoms with Crippen molar-refractivity contribution in [3.63, 3.8) is 0 Å². The predicted octanol–water partition coefficient (Wildman–Crippen LogP) is 5.47. The summed E-state index contributed by atoms with van der Waals surface area (Å²) in [6.45, 7) is 4.84. The van der Waals surface area contributed by atoms with Gasteiger partial charge in [0.05, 0.1) is 0 Å². The normalized spacial score (nSPS) is 19.1. The molecule has 2 rings (SSSR count). The Morgan fingerprint density at radius 2 is 1.67 bits per heavy atom.